The summed E-state index contributed by atoms with van der Waals surface area (Å²) in [7, 11) is 1.85. The normalized spacial score (nSPS) is 13.6. The smallest absolute Gasteiger partial charge is 0.194 e. The quantitative estimate of drug-likeness (QED) is 0.349. The first-order valence-corrected chi connectivity index (χ1v) is 9.24. The molecule has 0 amide bonds. The third-order valence-corrected chi connectivity index (χ3v) is 4.90. The summed E-state index contributed by atoms with van der Waals surface area (Å²) < 4.78 is 1.83. The van der Waals surface area contributed by atoms with Gasteiger partial charge in [0.2, 0.25) is 0 Å². The van der Waals surface area contributed by atoms with Crippen molar-refractivity contribution < 1.29 is 0 Å². The van der Waals surface area contributed by atoms with E-state index in [1.165, 1.54) is 22.3 Å². The molecule has 6 nitrogen and oxygen atoms in total. The van der Waals surface area contributed by atoms with Crippen LogP contribution in [0.5, 0.6) is 0 Å². The number of hydrogen-bond donors (Lipinski definition) is 1. The first-order chi connectivity index (χ1) is 13.3. The average molecular weight is 488 g/mol. The highest BCUT2D eigenvalue weighted by atomic mass is 127. The Bertz CT molecular complexity index is 922. The van der Waals surface area contributed by atoms with Gasteiger partial charge in [-0.3, -0.25) is 4.99 Å². The van der Waals surface area contributed by atoms with Crippen molar-refractivity contribution >= 4 is 29.9 Å². The van der Waals surface area contributed by atoms with Crippen LogP contribution in [0, 0.1) is 0 Å². The summed E-state index contributed by atoms with van der Waals surface area (Å²) in [6, 6.07) is 17.2. The second-order valence-corrected chi connectivity index (χ2v) is 6.75. The lowest BCUT2D eigenvalue weighted by atomic mass is 10.0. The minimum absolute atomic E-state index is 0. The molecule has 0 spiro atoms. The van der Waals surface area contributed by atoms with E-state index in [0.717, 1.165) is 38.6 Å². The fourth-order valence-electron chi connectivity index (χ4n) is 3.53. The highest BCUT2D eigenvalue weighted by molar-refractivity contribution is 14.0. The Balaban J connectivity index is 0.00000225. The molecule has 1 aromatic heterocycles. The SMILES string of the molecule is CN=C(NCc1cccc(Cn2cncn2)c1)N1CCc2ccccc2C1.I. The summed E-state index contributed by atoms with van der Waals surface area (Å²) in [6.45, 7) is 3.37. The van der Waals surface area contributed by atoms with E-state index in [4.69, 9.17) is 0 Å². The molecular weight excluding hydrogens is 463 g/mol. The van der Waals surface area contributed by atoms with E-state index in [-0.39, 0.29) is 24.0 Å². The maximum Gasteiger partial charge on any atom is 0.194 e. The molecule has 7 heteroatoms. The lowest BCUT2D eigenvalue weighted by Gasteiger charge is -2.31. The standard InChI is InChI=1S/C21H24N6.HI/c1-22-21(26-10-9-19-7-2-3-8-20(19)14-26)24-12-17-5-4-6-18(11-17)13-27-16-23-15-25-27;/h2-8,11,15-16H,9-10,12-14H2,1H3,(H,22,24);1H. The Morgan fingerprint density at radius 2 is 1.93 bits per heavy atom. The number of aromatic nitrogens is 3. The van der Waals surface area contributed by atoms with Gasteiger partial charge in [-0.05, 0) is 28.7 Å². The van der Waals surface area contributed by atoms with Gasteiger partial charge in [-0.2, -0.15) is 5.10 Å². The van der Waals surface area contributed by atoms with Crippen molar-refractivity contribution in [1.29, 1.82) is 0 Å². The number of nitrogens with one attached hydrogen (secondary N) is 1. The predicted molar refractivity (Wildman–Crippen MR) is 122 cm³/mol. The molecule has 0 aliphatic carbocycles. The summed E-state index contributed by atoms with van der Waals surface area (Å²) >= 11 is 0. The Morgan fingerprint density at radius 1 is 1.11 bits per heavy atom. The molecule has 0 unspecified atom stereocenters. The predicted octanol–water partition coefficient (Wildman–Crippen LogP) is 3.08. The number of aliphatic imine (C=N–C) groups is 1. The van der Waals surface area contributed by atoms with Crippen LogP contribution < -0.4 is 5.32 Å². The van der Waals surface area contributed by atoms with Crippen molar-refractivity contribution in [3.63, 3.8) is 0 Å². The molecule has 1 aliphatic rings. The van der Waals surface area contributed by atoms with Crippen molar-refractivity contribution in [1.82, 2.24) is 25.0 Å². The number of halogens is 1. The van der Waals surface area contributed by atoms with Gasteiger partial charge in [0.05, 0.1) is 6.54 Å². The van der Waals surface area contributed by atoms with Crippen molar-refractivity contribution in [2.24, 2.45) is 4.99 Å². The number of rotatable bonds is 4. The Morgan fingerprint density at radius 3 is 2.71 bits per heavy atom. The van der Waals surface area contributed by atoms with Crippen LogP contribution in [0.4, 0.5) is 0 Å². The topological polar surface area (TPSA) is 58.3 Å². The van der Waals surface area contributed by atoms with E-state index in [1.54, 1.807) is 12.7 Å². The number of hydrogen-bond acceptors (Lipinski definition) is 3. The van der Waals surface area contributed by atoms with E-state index in [2.05, 4.69) is 73.8 Å². The zero-order valence-electron chi connectivity index (χ0n) is 16.0. The Kier molecular flexibility index (Phi) is 7.02. The largest absolute Gasteiger partial charge is 0.352 e. The van der Waals surface area contributed by atoms with Gasteiger partial charge < -0.3 is 10.2 Å². The monoisotopic (exact) mass is 488 g/mol. The van der Waals surface area contributed by atoms with E-state index in [1.807, 2.05) is 11.7 Å². The summed E-state index contributed by atoms with van der Waals surface area (Å²) in [5, 5.41) is 7.69. The second-order valence-electron chi connectivity index (χ2n) is 6.75. The highest BCUT2D eigenvalue weighted by Gasteiger charge is 2.18. The minimum atomic E-state index is 0. The fourth-order valence-corrected chi connectivity index (χ4v) is 3.53. The second kappa shape index (κ2) is 9.68. The van der Waals surface area contributed by atoms with Crippen LogP contribution in [0.3, 0.4) is 0 Å². The molecule has 2 heterocycles. The summed E-state index contributed by atoms with van der Waals surface area (Å²) in [5.74, 6) is 0.950. The molecule has 0 bridgehead atoms. The maximum atomic E-state index is 4.49. The zero-order chi connectivity index (χ0) is 18.5. The van der Waals surface area contributed by atoms with Gasteiger partial charge in [0.1, 0.15) is 12.7 Å². The van der Waals surface area contributed by atoms with Crippen molar-refractivity contribution in [2.75, 3.05) is 13.6 Å². The molecule has 0 saturated carbocycles. The van der Waals surface area contributed by atoms with Crippen LogP contribution >= 0.6 is 24.0 Å². The number of guanidine groups is 1. The first-order valence-electron chi connectivity index (χ1n) is 9.24. The Labute approximate surface area is 182 Å². The van der Waals surface area contributed by atoms with Crippen molar-refractivity contribution in [3.05, 3.63) is 83.4 Å². The van der Waals surface area contributed by atoms with Crippen LogP contribution in [0.15, 0.2) is 66.2 Å². The van der Waals surface area contributed by atoms with Crippen LogP contribution in [0.1, 0.15) is 22.3 Å². The van der Waals surface area contributed by atoms with E-state index >= 15 is 0 Å². The molecule has 0 atom stereocenters. The van der Waals surface area contributed by atoms with E-state index in [0.29, 0.717) is 0 Å². The van der Waals surface area contributed by atoms with Gasteiger partial charge in [0.15, 0.2) is 5.96 Å². The molecule has 2 aromatic carbocycles. The third kappa shape index (κ3) is 4.89. The lowest BCUT2D eigenvalue weighted by Crippen LogP contribution is -2.43. The van der Waals surface area contributed by atoms with Gasteiger partial charge in [-0.15, -0.1) is 24.0 Å². The van der Waals surface area contributed by atoms with Gasteiger partial charge in [-0.1, -0.05) is 48.5 Å². The summed E-state index contributed by atoms with van der Waals surface area (Å²) in [5.41, 5.74) is 5.28. The van der Waals surface area contributed by atoms with Gasteiger partial charge in [0.25, 0.3) is 0 Å². The molecule has 1 aliphatic heterocycles. The number of fused-ring (bicyclic) bond motifs is 1. The van der Waals surface area contributed by atoms with Gasteiger partial charge in [0, 0.05) is 26.7 Å². The number of nitrogens with zero attached hydrogens (tertiary/aromatic N) is 5. The fraction of sp³-hybridized carbons (Fsp3) is 0.286. The van der Waals surface area contributed by atoms with E-state index < -0.39 is 0 Å². The summed E-state index contributed by atoms with van der Waals surface area (Å²) in [6.07, 6.45) is 4.36. The molecule has 0 radical (unpaired) electrons. The first kappa shape index (κ1) is 20.3. The van der Waals surface area contributed by atoms with Crippen LogP contribution in [0.2, 0.25) is 0 Å². The number of benzene rings is 2. The summed E-state index contributed by atoms with van der Waals surface area (Å²) in [4.78, 5) is 10.8. The van der Waals surface area contributed by atoms with Crippen LogP contribution in [0.25, 0.3) is 0 Å². The molecule has 146 valence electrons. The third-order valence-electron chi connectivity index (χ3n) is 4.90. The molecule has 0 saturated heterocycles. The zero-order valence-corrected chi connectivity index (χ0v) is 18.3. The maximum absolute atomic E-state index is 4.49. The van der Waals surface area contributed by atoms with Crippen molar-refractivity contribution in [3.8, 4) is 0 Å². The molecule has 1 N–H and O–H groups in total. The molecule has 3 aromatic rings. The lowest BCUT2D eigenvalue weighted by molar-refractivity contribution is 0.378. The molecule has 28 heavy (non-hydrogen) atoms. The highest BCUT2D eigenvalue weighted by Crippen LogP contribution is 2.18. The molecular formula is C21H25IN6. The van der Waals surface area contributed by atoms with Gasteiger partial charge >= 0.3 is 0 Å². The molecule has 0 fully saturated rings. The van der Waals surface area contributed by atoms with Crippen LogP contribution in [-0.4, -0.2) is 39.2 Å². The average Bonchev–Trinajstić information content (AvgIpc) is 3.22. The van der Waals surface area contributed by atoms with Crippen LogP contribution in [-0.2, 0) is 26.1 Å². The van der Waals surface area contributed by atoms with E-state index in [9.17, 15) is 0 Å². The molecule has 4 rings (SSSR count). The minimum Gasteiger partial charge on any atom is -0.352 e. The van der Waals surface area contributed by atoms with Crippen molar-refractivity contribution in [2.45, 2.75) is 26.1 Å². The van der Waals surface area contributed by atoms with Gasteiger partial charge in [-0.25, -0.2) is 9.67 Å². The Hall–Kier alpha value is -2.42.